The van der Waals surface area contributed by atoms with Crippen molar-refractivity contribution < 1.29 is 13.2 Å². The van der Waals surface area contributed by atoms with Gasteiger partial charge in [0.05, 0.1) is 26.2 Å². The third-order valence-electron chi connectivity index (χ3n) is 3.72. The summed E-state index contributed by atoms with van der Waals surface area (Å²) in [5, 5.41) is 3.57. The average Bonchev–Trinajstić information content (AvgIpc) is 2.64. The summed E-state index contributed by atoms with van der Waals surface area (Å²) in [5.74, 6) is -0.438. The Morgan fingerprint density at radius 1 is 0.821 bits per heavy atom. The minimum Gasteiger partial charge on any atom is -0.322 e. The molecule has 3 aromatic rings. The third-order valence-corrected chi connectivity index (χ3v) is 5.98. The second-order valence-corrected chi connectivity index (χ2v) is 8.62. The van der Waals surface area contributed by atoms with E-state index in [0.717, 1.165) is 0 Å². The number of rotatable bonds is 5. The van der Waals surface area contributed by atoms with Gasteiger partial charge in [-0.1, -0.05) is 46.9 Å². The molecule has 0 aliphatic carbocycles. The minimum atomic E-state index is -3.83. The van der Waals surface area contributed by atoms with Gasteiger partial charge in [-0.15, -0.1) is 0 Å². The predicted octanol–water partition coefficient (Wildman–Crippen LogP) is 5.70. The van der Waals surface area contributed by atoms with Crippen molar-refractivity contribution in [1.82, 2.24) is 0 Å². The largest absolute Gasteiger partial charge is 0.322 e. The molecule has 0 aliphatic heterocycles. The number of sulfonamides is 1. The van der Waals surface area contributed by atoms with Gasteiger partial charge in [-0.25, -0.2) is 8.42 Å². The SMILES string of the molecule is O=C(Nc1ccc(S(=O)(=O)Nc2ccccc2Cl)cc1)c1ccc(Cl)cc1Cl. The summed E-state index contributed by atoms with van der Waals surface area (Å²) >= 11 is 17.8. The zero-order chi connectivity index (χ0) is 20.3. The molecule has 0 bridgehead atoms. The van der Waals surface area contributed by atoms with Gasteiger partial charge >= 0.3 is 0 Å². The molecule has 28 heavy (non-hydrogen) atoms. The summed E-state index contributed by atoms with van der Waals surface area (Å²) in [7, 11) is -3.83. The Morgan fingerprint density at radius 2 is 1.50 bits per heavy atom. The van der Waals surface area contributed by atoms with Gasteiger partial charge in [0, 0.05) is 10.7 Å². The lowest BCUT2D eigenvalue weighted by Gasteiger charge is -2.11. The van der Waals surface area contributed by atoms with Crippen LogP contribution in [0.25, 0.3) is 0 Å². The molecular weight excluding hydrogens is 443 g/mol. The topological polar surface area (TPSA) is 75.3 Å². The Labute approximate surface area is 177 Å². The zero-order valence-electron chi connectivity index (χ0n) is 14.1. The highest BCUT2D eigenvalue weighted by Crippen LogP contribution is 2.25. The number of carbonyl (C=O) groups excluding carboxylic acids is 1. The maximum atomic E-state index is 12.5. The Balaban J connectivity index is 1.76. The summed E-state index contributed by atoms with van der Waals surface area (Å²) < 4.78 is 27.4. The molecular formula is C19H13Cl3N2O3S. The molecule has 0 unspecified atom stereocenters. The molecule has 0 saturated heterocycles. The van der Waals surface area contributed by atoms with Gasteiger partial charge in [0.15, 0.2) is 0 Å². The van der Waals surface area contributed by atoms with Gasteiger partial charge in [0.2, 0.25) is 0 Å². The highest BCUT2D eigenvalue weighted by atomic mass is 35.5. The van der Waals surface area contributed by atoms with Crippen molar-refractivity contribution >= 4 is 62.1 Å². The van der Waals surface area contributed by atoms with Crippen LogP contribution in [0.15, 0.2) is 71.6 Å². The van der Waals surface area contributed by atoms with Crippen LogP contribution in [0, 0.1) is 0 Å². The average molecular weight is 456 g/mol. The van der Waals surface area contributed by atoms with Crippen LogP contribution >= 0.6 is 34.8 Å². The fourth-order valence-corrected chi connectivity index (χ4v) is 4.15. The second kappa shape index (κ2) is 8.41. The van der Waals surface area contributed by atoms with Crippen molar-refractivity contribution in [3.63, 3.8) is 0 Å². The van der Waals surface area contributed by atoms with E-state index in [4.69, 9.17) is 34.8 Å². The summed E-state index contributed by atoms with van der Waals surface area (Å²) in [6.45, 7) is 0. The number of benzene rings is 3. The van der Waals surface area contributed by atoms with Gasteiger partial charge in [0.25, 0.3) is 15.9 Å². The molecule has 144 valence electrons. The first kappa shape index (κ1) is 20.5. The first-order valence-corrected chi connectivity index (χ1v) is 10.5. The molecule has 0 aromatic heterocycles. The molecule has 0 fully saturated rings. The van der Waals surface area contributed by atoms with E-state index in [9.17, 15) is 13.2 Å². The van der Waals surface area contributed by atoms with Crippen LogP contribution in [0.3, 0.4) is 0 Å². The lowest BCUT2D eigenvalue weighted by molar-refractivity contribution is 0.102. The number of nitrogens with one attached hydrogen (secondary N) is 2. The third kappa shape index (κ3) is 4.77. The highest BCUT2D eigenvalue weighted by Gasteiger charge is 2.16. The Morgan fingerprint density at radius 3 is 2.14 bits per heavy atom. The maximum Gasteiger partial charge on any atom is 0.261 e. The van der Waals surface area contributed by atoms with Crippen LogP contribution in [0.5, 0.6) is 0 Å². The number of carbonyl (C=O) groups is 1. The molecule has 2 N–H and O–H groups in total. The molecule has 0 spiro atoms. The monoisotopic (exact) mass is 454 g/mol. The first-order valence-electron chi connectivity index (χ1n) is 7.90. The lowest BCUT2D eigenvalue weighted by atomic mass is 10.2. The smallest absolute Gasteiger partial charge is 0.261 e. The molecule has 3 aromatic carbocycles. The van der Waals surface area contributed by atoms with E-state index in [2.05, 4.69) is 10.0 Å². The quantitative estimate of drug-likeness (QED) is 0.518. The van der Waals surface area contributed by atoms with E-state index in [1.54, 1.807) is 30.3 Å². The van der Waals surface area contributed by atoms with E-state index in [1.807, 2.05) is 0 Å². The number of hydrogen-bond acceptors (Lipinski definition) is 3. The molecule has 0 atom stereocenters. The Hall–Kier alpha value is -2.25. The van der Waals surface area contributed by atoms with Gasteiger partial charge in [-0.3, -0.25) is 9.52 Å². The molecule has 0 heterocycles. The van der Waals surface area contributed by atoms with Gasteiger partial charge in [-0.2, -0.15) is 0 Å². The number of anilines is 2. The molecule has 0 radical (unpaired) electrons. The van der Waals surface area contributed by atoms with Gasteiger partial charge in [-0.05, 0) is 54.6 Å². The standard InChI is InChI=1S/C19H13Cl3N2O3S/c20-12-5-10-15(17(22)11-12)19(25)23-13-6-8-14(9-7-13)28(26,27)24-18-4-2-1-3-16(18)21/h1-11,24H,(H,23,25). The van der Waals surface area contributed by atoms with Gasteiger partial charge < -0.3 is 5.32 Å². The molecule has 9 heteroatoms. The molecule has 0 saturated carbocycles. The van der Waals surface area contributed by atoms with E-state index in [-0.39, 0.29) is 26.2 Å². The van der Waals surface area contributed by atoms with Gasteiger partial charge in [0.1, 0.15) is 0 Å². The Kier molecular flexibility index (Phi) is 6.15. The van der Waals surface area contributed by atoms with Crippen molar-refractivity contribution in [3.05, 3.63) is 87.4 Å². The van der Waals surface area contributed by atoms with E-state index < -0.39 is 15.9 Å². The van der Waals surface area contributed by atoms with Crippen LogP contribution in [0.2, 0.25) is 15.1 Å². The summed E-state index contributed by atoms with van der Waals surface area (Å²) in [5.41, 5.74) is 0.940. The fourth-order valence-electron chi connectivity index (χ4n) is 2.34. The number of hydrogen-bond donors (Lipinski definition) is 2. The van der Waals surface area contributed by atoms with Crippen molar-refractivity contribution in [2.45, 2.75) is 4.90 Å². The second-order valence-electron chi connectivity index (χ2n) is 5.69. The Bertz CT molecular complexity index is 1130. The maximum absolute atomic E-state index is 12.5. The number of halogens is 3. The van der Waals surface area contributed by atoms with Crippen molar-refractivity contribution in [1.29, 1.82) is 0 Å². The van der Waals surface area contributed by atoms with Crippen molar-refractivity contribution in [3.8, 4) is 0 Å². The van der Waals surface area contributed by atoms with Crippen LogP contribution in [0.1, 0.15) is 10.4 Å². The summed E-state index contributed by atoms with van der Waals surface area (Å²) in [6.07, 6.45) is 0. The van der Waals surface area contributed by atoms with Crippen molar-refractivity contribution in [2.75, 3.05) is 10.0 Å². The number of amides is 1. The zero-order valence-corrected chi connectivity index (χ0v) is 17.2. The normalized spacial score (nSPS) is 11.1. The first-order chi connectivity index (χ1) is 13.3. The van der Waals surface area contributed by atoms with E-state index in [1.165, 1.54) is 36.4 Å². The highest BCUT2D eigenvalue weighted by molar-refractivity contribution is 7.92. The van der Waals surface area contributed by atoms with E-state index >= 15 is 0 Å². The van der Waals surface area contributed by atoms with Crippen LogP contribution in [0.4, 0.5) is 11.4 Å². The molecule has 5 nitrogen and oxygen atoms in total. The molecule has 1 amide bonds. The summed E-state index contributed by atoms with van der Waals surface area (Å²) in [4.78, 5) is 12.3. The van der Waals surface area contributed by atoms with Crippen molar-refractivity contribution in [2.24, 2.45) is 0 Å². The molecule has 3 rings (SSSR count). The summed E-state index contributed by atoms with van der Waals surface area (Å²) in [6, 6.07) is 16.7. The lowest BCUT2D eigenvalue weighted by Crippen LogP contribution is -2.14. The van der Waals surface area contributed by atoms with E-state index in [0.29, 0.717) is 10.7 Å². The molecule has 0 aliphatic rings. The van der Waals surface area contributed by atoms with Crippen LogP contribution in [-0.2, 0) is 10.0 Å². The fraction of sp³-hybridized carbons (Fsp3) is 0. The minimum absolute atomic E-state index is 0.0231. The number of para-hydroxylation sites is 1. The predicted molar refractivity (Wildman–Crippen MR) is 113 cm³/mol. The van der Waals surface area contributed by atoms with Crippen LogP contribution < -0.4 is 10.0 Å². The van der Waals surface area contributed by atoms with Crippen LogP contribution in [-0.4, -0.2) is 14.3 Å².